The van der Waals surface area contributed by atoms with Gasteiger partial charge in [0.1, 0.15) is 5.82 Å². The average Bonchev–Trinajstić information content (AvgIpc) is 2.92. The molecule has 1 amide bonds. The van der Waals surface area contributed by atoms with Gasteiger partial charge in [0, 0.05) is 24.2 Å². The van der Waals surface area contributed by atoms with Crippen LogP contribution in [0, 0.1) is 5.82 Å². The molecular formula is C14H18BrFN2O2. The molecule has 1 saturated heterocycles. The molecule has 1 aliphatic rings. The van der Waals surface area contributed by atoms with Crippen LogP contribution in [0.15, 0.2) is 16.6 Å². The first-order valence-corrected chi connectivity index (χ1v) is 7.47. The normalized spacial score (nSPS) is 18.2. The van der Waals surface area contributed by atoms with Crippen molar-refractivity contribution in [2.45, 2.75) is 25.9 Å². The van der Waals surface area contributed by atoms with Gasteiger partial charge in [0.25, 0.3) is 5.91 Å². The van der Waals surface area contributed by atoms with E-state index in [4.69, 9.17) is 10.5 Å². The number of rotatable bonds is 4. The highest BCUT2D eigenvalue weighted by atomic mass is 79.9. The van der Waals surface area contributed by atoms with Crippen molar-refractivity contribution in [1.82, 2.24) is 4.90 Å². The Kier molecular flexibility index (Phi) is 4.99. The van der Waals surface area contributed by atoms with Gasteiger partial charge in [0.05, 0.1) is 17.4 Å². The van der Waals surface area contributed by atoms with Crippen LogP contribution >= 0.6 is 15.9 Å². The molecule has 1 aliphatic heterocycles. The SMILES string of the molecule is CCN(CC1CCCO1)C(=O)c1cc(N)c(F)cc1Br. The highest BCUT2D eigenvalue weighted by molar-refractivity contribution is 9.10. The van der Waals surface area contributed by atoms with Crippen molar-refractivity contribution in [3.8, 4) is 0 Å². The molecule has 6 heteroatoms. The number of nitrogen functional groups attached to an aromatic ring is 1. The molecular weight excluding hydrogens is 327 g/mol. The summed E-state index contributed by atoms with van der Waals surface area (Å²) in [6.07, 6.45) is 2.09. The molecule has 4 nitrogen and oxygen atoms in total. The van der Waals surface area contributed by atoms with E-state index in [2.05, 4.69) is 15.9 Å². The minimum absolute atomic E-state index is 0.0234. The zero-order valence-electron chi connectivity index (χ0n) is 11.4. The van der Waals surface area contributed by atoms with Crippen LogP contribution < -0.4 is 5.73 Å². The van der Waals surface area contributed by atoms with Crippen LogP contribution in [0.1, 0.15) is 30.1 Å². The van der Waals surface area contributed by atoms with Gasteiger partial charge in [0.2, 0.25) is 0 Å². The number of carbonyl (C=O) groups excluding carboxylic acids is 1. The summed E-state index contributed by atoms with van der Waals surface area (Å²) in [4.78, 5) is 14.2. The largest absolute Gasteiger partial charge is 0.396 e. The molecule has 110 valence electrons. The number of carbonyl (C=O) groups is 1. The van der Waals surface area contributed by atoms with Gasteiger partial charge in [-0.05, 0) is 47.8 Å². The van der Waals surface area contributed by atoms with Gasteiger partial charge in [-0.3, -0.25) is 4.79 Å². The molecule has 1 heterocycles. The van der Waals surface area contributed by atoms with Crippen molar-refractivity contribution in [3.05, 3.63) is 28.0 Å². The summed E-state index contributed by atoms with van der Waals surface area (Å²) in [6, 6.07) is 2.60. The second-order valence-corrected chi connectivity index (χ2v) is 5.69. The average molecular weight is 345 g/mol. The van der Waals surface area contributed by atoms with E-state index in [1.54, 1.807) is 4.90 Å². The number of benzene rings is 1. The van der Waals surface area contributed by atoms with Crippen molar-refractivity contribution in [2.24, 2.45) is 0 Å². The number of anilines is 1. The Morgan fingerprint density at radius 2 is 2.35 bits per heavy atom. The lowest BCUT2D eigenvalue weighted by Crippen LogP contribution is -2.37. The first-order valence-electron chi connectivity index (χ1n) is 6.68. The first-order chi connectivity index (χ1) is 9.52. The second kappa shape index (κ2) is 6.54. The number of amides is 1. The minimum atomic E-state index is -0.532. The Labute approximate surface area is 126 Å². The Bertz CT molecular complexity index is 504. The molecule has 0 saturated carbocycles. The Hall–Kier alpha value is -1.14. The highest BCUT2D eigenvalue weighted by Crippen LogP contribution is 2.25. The molecule has 2 rings (SSSR count). The number of ether oxygens (including phenoxy) is 1. The topological polar surface area (TPSA) is 55.6 Å². The number of likely N-dealkylation sites (N-methyl/N-ethyl adjacent to an activating group) is 1. The van der Waals surface area contributed by atoms with Gasteiger partial charge in [-0.25, -0.2) is 4.39 Å². The lowest BCUT2D eigenvalue weighted by atomic mass is 10.1. The first kappa shape index (κ1) is 15.3. The van der Waals surface area contributed by atoms with Crippen molar-refractivity contribution in [3.63, 3.8) is 0 Å². The predicted molar refractivity (Wildman–Crippen MR) is 79.1 cm³/mol. The fraction of sp³-hybridized carbons (Fsp3) is 0.500. The third-order valence-electron chi connectivity index (χ3n) is 3.43. The lowest BCUT2D eigenvalue weighted by molar-refractivity contribution is 0.0538. The molecule has 20 heavy (non-hydrogen) atoms. The van der Waals surface area contributed by atoms with E-state index < -0.39 is 5.82 Å². The van der Waals surface area contributed by atoms with E-state index in [1.807, 2.05) is 6.92 Å². The van der Waals surface area contributed by atoms with Crippen LogP contribution in [0.2, 0.25) is 0 Å². The summed E-state index contributed by atoms with van der Waals surface area (Å²) in [5, 5.41) is 0. The number of hydrogen-bond donors (Lipinski definition) is 1. The van der Waals surface area contributed by atoms with Gasteiger partial charge < -0.3 is 15.4 Å². The zero-order chi connectivity index (χ0) is 14.7. The number of nitrogens with two attached hydrogens (primary N) is 1. The molecule has 1 atom stereocenters. The molecule has 0 aliphatic carbocycles. The van der Waals surface area contributed by atoms with E-state index in [1.165, 1.54) is 12.1 Å². The van der Waals surface area contributed by atoms with Crippen molar-refractivity contribution < 1.29 is 13.9 Å². The fourth-order valence-corrected chi connectivity index (χ4v) is 2.77. The molecule has 1 unspecified atom stereocenters. The highest BCUT2D eigenvalue weighted by Gasteiger charge is 2.24. The van der Waals surface area contributed by atoms with Gasteiger partial charge >= 0.3 is 0 Å². The molecule has 0 bridgehead atoms. The molecule has 1 fully saturated rings. The summed E-state index contributed by atoms with van der Waals surface area (Å²) in [7, 11) is 0. The monoisotopic (exact) mass is 344 g/mol. The maximum atomic E-state index is 13.3. The zero-order valence-corrected chi connectivity index (χ0v) is 13.0. The summed E-state index contributed by atoms with van der Waals surface area (Å²) >= 11 is 3.22. The van der Waals surface area contributed by atoms with Crippen molar-refractivity contribution in [2.75, 3.05) is 25.4 Å². The van der Waals surface area contributed by atoms with E-state index >= 15 is 0 Å². The lowest BCUT2D eigenvalue weighted by Gasteiger charge is -2.24. The standard InChI is InChI=1S/C14H18BrFN2O2/c1-2-18(8-9-4-3-5-20-9)14(19)10-6-13(17)12(16)7-11(10)15/h6-7,9H,2-5,8,17H2,1H3. The van der Waals surface area contributed by atoms with Crippen LogP contribution in [-0.2, 0) is 4.74 Å². The molecule has 0 spiro atoms. The number of nitrogens with zero attached hydrogens (tertiary/aromatic N) is 1. The van der Waals surface area contributed by atoms with Crippen molar-refractivity contribution in [1.29, 1.82) is 0 Å². The van der Waals surface area contributed by atoms with Crippen LogP contribution in [-0.4, -0.2) is 36.6 Å². The minimum Gasteiger partial charge on any atom is -0.396 e. The molecule has 2 N–H and O–H groups in total. The van der Waals surface area contributed by atoms with Crippen molar-refractivity contribution >= 4 is 27.5 Å². The van der Waals surface area contributed by atoms with Crippen LogP contribution in [0.5, 0.6) is 0 Å². The van der Waals surface area contributed by atoms with E-state index in [9.17, 15) is 9.18 Å². The molecule has 1 aromatic carbocycles. The van der Waals surface area contributed by atoms with E-state index in [0.717, 1.165) is 19.4 Å². The third kappa shape index (κ3) is 3.30. The summed E-state index contributed by atoms with van der Waals surface area (Å²) in [5.74, 6) is -0.697. The van der Waals surface area contributed by atoms with E-state index in [-0.39, 0.29) is 17.7 Å². The van der Waals surface area contributed by atoms with Gasteiger partial charge in [0.15, 0.2) is 0 Å². The smallest absolute Gasteiger partial charge is 0.255 e. The molecule has 0 aromatic heterocycles. The Morgan fingerprint density at radius 1 is 1.60 bits per heavy atom. The van der Waals surface area contributed by atoms with Gasteiger partial charge in [-0.15, -0.1) is 0 Å². The molecule has 1 aromatic rings. The van der Waals surface area contributed by atoms with Gasteiger partial charge in [-0.1, -0.05) is 0 Å². The third-order valence-corrected chi connectivity index (χ3v) is 4.09. The van der Waals surface area contributed by atoms with E-state index in [0.29, 0.717) is 23.1 Å². The van der Waals surface area contributed by atoms with Crippen LogP contribution in [0.25, 0.3) is 0 Å². The quantitative estimate of drug-likeness (QED) is 0.854. The summed E-state index contributed by atoms with van der Waals surface area (Å²) < 4.78 is 19.3. The van der Waals surface area contributed by atoms with Crippen LogP contribution in [0.4, 0.5) is 10.1 Å². The summed E-state index contributed by atoms with van der Waals surface area (Å²) in [5.41, 5.74) is 5.90. The maximum absolute atomic E-state index is 13.3. The second-order valence-electron chi connectivity index (χ2n) is 4.83. The number of halogens is 2. The van der Waals surface area contributed by atoms with Crippen LogP contribution in [0.3, 0.4) is 0 Å². The predicted octanol–water partition coefficient (Wildman–Crippen LogP) is 2.81. The van der Waals surface area contributed by atoms with Gasteiger partial charge in [-0.2, -0.15) is 0 Å². The summed E-state index contributed by atoms with van der Waals surface area (Å²) in [6.45, 7) is 3.79. The molecule has 0 radical (unpaired) electrons. The fourth-order valence-electron chi connectivity index (χ4n) is 2.29. The Morgan fingerprint density at radius 3 is 2.95 bits per heavy atom. The Balaban J connectivity index is 2.17. The number of hydrogen-bond acceptors (Lipinski definition) is 3. The maximum Gasteiger partial charge on any atom is 0.255 e.